The Labute approximate surface area is 115 Å². The van der Waals surface area contributed by atoms with Crippen molar-refractivity contribution in [3.05, 3.63) is 33.2 Å². The van der Waals surface area contributed by atoms with E-state index >= 15 is 0 Å². The van der Waals surface area contributed by atoms with Crippen molar-refractivity contribution in [2.24, 2.45) is 11.0 Å². The zero-order valence-corrected chi connectivity index (χ0v) is 11.3. The van der Waals surface area contributed by atoms with Gasteiger partial charge in [-0.15, -0.1) is 0 Å². The van der Waals surface area contributed by atoms with Crippen molar-refractivity contribution in [3.63, 3.8) is 0 Å². The molecule has 19 heavy (non-hydrogen) atoms. The van der Waals surface area contributed by atoms with Gasteiger partial charge in [0.1, 0.15) is 0 Å². The highest BCUT2D eigenvalue weighted by Crippen LogP contribution is 2.33. The fraction of sp³-hybridized carbons (Fsp3) is 0.417. The molecule has 2 rings (SSSR count). The van der Waals surface area contributed by atoms with Crippen LogP contribution < -0.4 is 10.6 Å². The zero-order chi connectivity index (χ0) is 14.0. The number of anilines is 2. The minimum Gasteiger partial charge on any atom is -0.397 e. The van der Waals surface area contributed by atoms with E-state index < -0.39 is 0 Å². The van der Waals surface area contributed by atoms with Crippen molar-refractivity contribution in [1.29, 1.82) is 0 Å². The maximum atomic E-state index is 12.0. The summed E-state index contributed by atoms with van der Waals surface area (Å²) in [6.07, 6.45) is 0.365. The molecule has 1 amide bonds. The van der Waals surface area contributed by atoms with Gasteiger partial charge >= 0.3 is 0 Å². The van der Waals surface area contributed by atoms with E-state index in [1.54, 1.807) is 17.0 Å². The molecule has 0 saturated carbocycles. The Morgan fingerprint density at radius 1 is 1.63 bits per heavy atom. The second-order valence-electron chi connectivity index (χ2n) is 4.65. The van der Waals surface area contributed by atoms with Crippen LogP contribution >= 0.6 is 11.6 Å². The number of rotatable bonds is 3. The molecule has 0 spiro atoms. The number of benzene rings is 1. The summed E-state index contributed by atoms with van der Waals surface area (Å²) in [5.74, 6) is 0.00707. The highest BCUT2D eigenvalue weighted by Gasteiger charge is 2.31. The lowest BCUT2D eigenvalue weighted by atomic mass is 10.1. The molecule has 0 aromatic heterocycles. The molecule has 1 atom stereocenters. The molecule has 1 saturated heterocycles. The molecule has 1 unspecified atom stereocenters. The summed E-state index contributed by atoms with van der Waals surface area (Å²) in [7, 11) is 0. The highest BCUT2D eigenvalue weighted by atomic mass is 35.5. The summed E-state index contributed by atoms with van der Waals surface area (Å²) >= 11 is 6.07. The van der Waals surface area contributed by atoms with E-state index in [4.69, 9.17) is 22.9 Å². The van der Waals surface area contributed by atoms with Gasteiger partial charge in [-0.25, -0.2) is 0 Å². The summed E-state index contributed by atoms with van der Waals surface area (Å²) in [4.78, 5) is 16.3. The minimum absolute atomic E-state index is 0.0234. The molecule has 1 fully saturated rings. The van der Waals surface area contributed by atoms with Crippen molar-refractivity contribution in [3.8, 4) is 0 Å². The zero-order valence-electron chi connectivity index (χ0n) is 10.5. The Kier molecular flexibility index (Phi) is 3.83. The molecule has 1 aliphatic rings. The molecule has 1 aliphatic heterocycles. The topological polar surface area (TPSA) is 95.1 Å². The van der Waals surface area contributed by atoms with Gasteiger partial charge in [-0.2, -0.15) is 0 Å². The number of carbonyl (C=O) groups excluding carboxylic acids is 1. The molecule has 1 heterocycles. The van der Waals surface area contributed by atoms with Crippen LogP contribution in [0.2, 0.25) is 5.02 Å². The van der Waals surface area contributed by atoms with Crippen LogP contribution in [0.4, 0.5) is 11.4 Å². The number of aryl methyl sites for hydroxylation is 1. The molecule has 1 aromatic rings. The fourth-order valence-electron chi connectivity index (χ4n) is 2.22. The Balaban J connectivity index is 2.25. The van der Waals surface area contributed by atoms with Crippen molar-refractivity contribution < 1.29 is 4.79 Å². The number of amides is 1. The highest BCUT2D eigenvalue weighted by molar-refractivity contribution is 6.32. The van der Waals surface area contributed by atoms with Crippen LogP contribution in [0.3, 0.4) is 0 Å². The van der Waals surface area contributed by atoms with E-state index in [9.17, 15) is 4.79 Å². The molecule has 0 radical (unpaired) electrons. The maximum absolute atomic E-state index is 12.0. The second kappa shape index (κ2) is 5.38. The maximum Gasteiger partial charge on any atom is 0.227 e. The van der Waals surface area contributed by atoms with Crippen molar-refractivity contribution in [1.82, 2.24) is 0 Å². The first-order valence-electron chi connectivity index (χ1n) is 5.89. The molecular weight excluding hydrogens is 266 g/mol. The standard InChI is InChI=1S/C12H14ClN5O/c1-7-2-10(14)11(4-9(7)13)18-6-8(3-12(18)19)5-16-17-15/h2,4,8H,3,5-6,14H2,1H3. The van der Waals surface area contributed by atoms with Gasteiger partial charge in [0, 0.05) is 29.4 Å². The summed E-state index contributed by atoms with van der Waals surface area (Å²) in [5, 5.41) is 4.09. The molecule has 1 aromatic carbocycles. The van der Waals surface area contributed by atoms with Crippen LogP contribution in [0.25, 0.3) is 10.4 Å². The van der Waals surface area contributed by atoms with E-state index in [-0.39, 0.29) is 11.8 Å². The number of azide groups is 1. The average Bonchev–Trinajstić information content (AvgIpc) is 2.72. The number of hydrogen-bond acceptors (Lipinski definition) is 3. The fourth-order valence-corrected chi connectivity index (χ4v) is 2.37. The van der Waals surface area contributed by atoms with Crippen LogP contribution in [0.1, 0.15) is 12.0 Å². The third-order valence-electron chi connectivity index (χ3n) is 3.21. The molecule has 0 aliphatic carbocycles. The summed E-state index contributed by atoms with van der Waals surface area (Å²) in [6, 6.07) is 3.46. The van der Waals surface area contributed by atoms with Crippen LogP contribution in [0.15, 0.2) is 17.2 Å². The van der Waals surface area contributed by atoms with Gasteiger partial charge in [-0.1, -0.05) is 16.7 Å². The second-order valence-corrected chi connectivity index (χ2v) is 5.06. The lowest BCUT2D eigenvalue weighted by Gasteiger charge is -2.19. The first-order valence-corrected chi connectivity index (χ1v) is 6.27. The number of nitrogen functional groups attached to an aromatic ring is 1. The Hall–Kier alpha value is -1.91. The molecule has 2 N–H and O–H groups in total. The van der Waals surface area contributed by atoms with Crippen LogP contribution in [0, 0.1) is 12.8 Å². The van der Waals surface area contributed by atoms with Gasteiger partial charge in [-0.3, -0.25) is 4.79 Å². The smallest absolute Gasteiger partial charge is 0.227 e. The molecule has 0 bridgehead atoms. The van der Waals surface area contributed by atoms with Crippen LogP contribution in [0.5, 0.6) is 0 Å². The molecule has 100 valence electrons. The Morgan fingerprint density at radius 3 is 3.05 bits per heavy atom. The van der Waals surface area contributed by atoms with Gasteiger partial charge in [0.15, 0.2) is 0 Å². The van der Waals surface area contributed by atoms with Crippen LogP contribution in [-0.2, 0) is 4.79 Å². The third kappa shape index (κ3) is 2.75. The van der Waals surface area contributed by atoms with Crippen molar-refractivity contribution >= 4 is 28.9 Å². The van der Waals surface area contributed by atoms with E-state index in [1.165, 1.54) is 0 Å². The van der Waals surface area contributed by atoms with Gasteiger partial charge in [0.2, 0.25) is 5.91 Å². The predicted molar refractivity (Wildman–Crippen MR) is 75.1 cm³/mol. The van der Waals surface area contributed by atoms with E-state index in [0.717, 1.165) is 5.56 Å². The molecule has 6 nitrogen and oxygen atoms in total. The first-order chi connectivity index (χ1) is 9.02. The number of hydrogen-bond donors (Lipinski definition) is 1. The normalized spacial score (nSPS) is 18.5. The van der Waals surface area contributed by atoms with Gasteiger partial charge in [0.05, 0.1) is 11.4 Å². The lowest BCUT2D eigenvalue weighted by molar-refractivity contribution is -0.117. The van der Waals surface area contributed by atoms with Crippen LogP contribution in [-0.4, -0.2) is 19.0 Å². The molecular formula is C12H14ClN5O. The number of nitrogens with two attached hydrogens (primary N) is 1. The summed E-state index contributed by atoms with van der Waals surface area (Å²) < 4.78 is 0. The first kappa shape index (κ1) is 13.5. The van der Waals surface area contributed by atoms with Gasteiger partial charge in [0.25, 0.3) is 0 Å². The third-order valence-corrected chi connectivity index (χ3v) is 3.61. The largest absolute Gasteiger partial charge is 0.397 e. The monoisotopic (exact) mass is 279 g/mol. The SMILES string of the molecule is Cc1cc(N)c(N2CC(CN=[N+]=[N-])CC2=O)cc1Cl. The average molecular weight is 280 g/mol. The van der Waals surface area contributed by atoms with Gasteiger partial charge in [-0.05, 0) is 36.1 Å². The summed E-state index contributed by atoms with van der Waals surface area (Å²) in [5.41, 5.74) is 16.3. The Morgan fingerprint density at radius 2 is 2.37 bits per heavy atom. The molecule has 7 heteroatoms. The van der Waals surface area contributed by atoms with E-state index in [2.05, 4.69) is 10.0 Å². The Bertz CT molecular complexity index is 567. The quantitative estimate of drug-likeness (QED) is 0.398. The van der Waals surface area contributed by atoms with Crippen molar-refractivity contribution in [2.75, 3.05) is 23.7 Å². The van der Waals surface area contributed by atoms with Crippen molar-refractivity contribution in [2.45, 2.75) is 13.3 Å². The number of halogens is 1. The van der Waals surface area contributed by atoms with E-state index in [1.807, 2.05) is 6.92 Å². The lowest BCUT2D eigenvalue weighted by Crippen LogP contribution is -2.25. The van der Waals surface area contributed by atoms with Gasteiger partial charge < -0.3 is 10.6 Å². The summed E-state index contributed by atoms with van der Waals surface area (Å²) in [6.45, 7) is 2.68. The predicted octanol–water partition coefficient (Wildman–Crippen LogP) is 2.89. The van der Waals surface area contributed by atoms with E-state index in [0.29, 0.717) is 35.9 Å². The minimum atomic E-state index is -0.0234. The number of carbonyl (C=O) groups is 1. The number of nitrogens with zero attached hydrogens (tertiary/aromatic N) is 4.